The third-order valence-electron chi connectivity index (χ3n) is 3.81. The molecule has 1 amide bonds. The van der Waals surface area contributed by atoms with Crippen LogP contribution in [0, 0.1) is 5.92 Å². The van der Waals surface area contributed by atoms with E-state index in [2.05, 4.69) is 6.92 Å². The van der Waals surface area contributed by atoms with Crippen molar-refractivity contribution in [2.45, 2.75) is 26.3 Å². The van der Waals surface area contributed by atoms with Crippen molar-refractivity contribution in [1.29, 1.82) is 0 Å². The van der Waals surface area contributed by atoms with Gasteiger partial charge in [0, 0.05) is 25.2 Å². The van der Waals surface area contributed by atoms with Gasteiger partial charge in [0.15, 0.2) is 0 Å². The van der Waals surface area contributed by atoms with Crippen LogP contribution in [0.25, 0.3) is 0 Å². The van der Waals surface area contributed by atoms with Crippen molar-refractivity contribution in [3.8, 4) is 0 Å². The van der Waals surface area contributed by atoms with Gasteiger partial charge < -0.3 is 15.4 Å². The summed E-state index contributed by atoms with van der Waals surface area (Å²) in [6.07, 6.45) is 1.58. The number of benzene rings is 1. The molecule has 1 aliphatic rings. The van der Waals surface area contributed by atoms with E-state index in [1.807, 2.05) is 6.07 Å². The summed E-state index contributed by atoms with van der Waals surface area (Å²) in [5.41, 5.74) is 7.34. The minimum absolute atomic E-state index is 0.134. The number of likely N-dealkylation sites (tertiary alicyclic amines) is 1. The standard InChI is InChI=1S/C15H20N2O3/c1-3-10-7-13(18)17(8-10)9-11-5-4-6-12(16)14(11)15(19)20-2/h4-6,10H,3,7-9,16H2,1-2H3. The van der Waals surface area contributed by atoms with Gasteiger partial charge >= 0.3 is 5.97 Å². The molecule has 1 atom stereocenters. The number of anilines is 1. The van der Waals surface area contributed by atoms with Crippen LogP contribution in [0.1, 0.15) is 35.7 Å². The van der Waals surface area contributed by atoms with Gasteiger partial charge in [0.2, 0.25) is 5.91 Å². The average molecular weight is 276 g/mol. The Hall–Kier alpha value is -2.04. The molecule has 1 aromatic carbocycles. The van der Waals surface area contributed by atoms with E-state index >= 15 is 0 Å². The minimum atomic E-state index is -0.461. The molecule has 1 saturated heterocycles. The fraction of sp³-hybridized carbons (Fsp3) is 0.467. The van der Waals surface area contributed by atoms with Crippen molar-refractivity contribution in [1.82, 2.24) is 4.90 Å². The number of amides is 1. The van der Waals surface area contributed by atoms with Gasteiger partial charge in [-0.15, -0.1) is 0 Å². The second-order valence-corrected chi connectivity index (χ2v) is 5.13. The molecule has 2 N–H and O–H groups in total. The fourth-order valence-corrected chi connectivity index (χ4v) is 2.59. The number of esters is 1. The van der Waals surface area contributed by atoms with Crippen molar-refractivity contribution >= 4 is 17.6 Å². The van der Waals surface area contributed by atoms with Crippen molar-refractivity contribution in [3.63, 3.8) is 0 Å². The number of methoxy groups -OCH3 is 1. The molecule has 5 heteroatoms. The predicted molar refractivity (Wildman–Crippen MR) is 76.0 cm³/mol. The second kappa shape index (κ2) is 5.94. The Bertz CT molecular complexity index is 528. The third kappa shape index (κ3) is 2.76. The van der Waals surface area contributed by atoms with Gasteiger partial charge in [-0.25, -0.2) is 4.79 Å². The summed E-state index contributed by atoms with van der Waals surface area (Å²) in [6.45, 7) is 3.23. The van der Waals surface area contributed by atoms with E-state index in [4.69, 9.17) is 10.5 Å². The van der Waals surface area contributed by atoms with Crippen LogP contribution in [-0.4, -0.2) is 30.4 Å². The largest absolute Gasteiger partial charge is 0.465 e. The van der Waals surface area contributed by atoms with Gasteiger partial charge in [-0.2, -0.15) is 0 Å². The molecule has 0 aliphatic carbocycles. The molecule has 0 aromatic heterocycles. The van der Waals surface area contributed by atoms with E-state index < -0.39 is 5.97 Å². The van der Waals surface area contributed by atoms with Gasteiger partial charge in [0.05, 0.1) is 12.7 Å². The van der Waals surface area contributed by atoms with Crippen LogP contribution in [0.2, 0.25) is 0 Å². The molecule has 1 heterocycles. The van der Waals surface area contributed by atoms with Gasteiger partial charge in [0.25, 0.3) is 0 Å². The summed E-state index contributed by atoms with van der Waals surface area (Å²) in [5, 5.41) is 0. The Morgan fingerprint density at radius 3 is 2.85 bits per heavy atom. The molecule has 2 rings (SSSR count). The minimum Gasteiger partial charge on any atom is -0.465 e. The molecule has 1 aromatic rings. The first-order valence-corrected chi connectivity index (χ1v) is 6.80. The molecule has 0 saturated carbocycles. The topological polar surface area (TPSA) is 72.6 Å². The summed E-state index contributed by atoms with van der Waals surface area (Å²) in [7, 11) is 1.33. The second-order valence-electron chi connectivity index (χ2n) is 5.13. The molecule has 5 nitrogen and oxygen atoms in total. The summed E-state index contributed by atoms with van der Waals surface area (Å²) in [6, 6.07) is 5.26. The lowest BCUT2D eigenvalue weighted by Crippen LogP contribution is -2.26. The Kier molecular flexibility index (Phi) is 4.27. The fourth-order valence-electron chi connectivity index (χ4n) is 2.59. The van der Waals surface area contributed by atoms with E-state index in [-0.39, 0.29) is 5.91 Å². The number of nitrogen functional groups attached to an aromatic ring is 1. The highest BCUT2D eigenvalue weighted by molar-refractivity contribution is 5.96. The number of carbonyl (C=O) groups excluding carboxylic acids is 2. The zero-order valence-corrected chi connectivity index (χ0v) is 11.9. The van der Waals surface area contributed by atoms with Crippen LogP contribution >= 0.6 is 0 Å². The number of rotatable bonds is 4. The SMILES string of the molecule is CCC1CC(=O)N(Cc2cccc(N)c2C(=O)OC)C1. The first-order chi connectivity index (χ1) is 9.56. The Morgan fingerprint density at radius 2 is 2.25 bits per heavy atom. The van der Waals surface area contributed by atoms with Crippen LogP contribution in [0.4, 0.5) is 5.69 Å². The lowest BCUT2D eigenvalue weighted by atomic mass is 10.0. The molecular weight excluding hydrogens is 256 g/mol. The number of ether oxygens (including phenoxy) is 1. The molecular formula is C15H20N2O3. The highest BCUT2D eigenvalue weighted by Crippen LogP contribution is 2.25. The third-order valence-corrected chi connectivity index (χ3v) is 3.81. The number of hydrogen-bond donors (Lipinski definition) is 1. The van der Waals surface area contributed by atoms with E-state index in [0.717, 1.165) is 18.5 Å². The van der Waals surface area contributed by atoms with E-state index in [9.17, 15) is 9.59 Å². The van der Waals surface area contributed by atoms with E-state index in [1.54, 1.807) is 17.0 Å². The zero-order chi connectivity index (χ0) is 14.7. The van der Waals surface area contributed by atoms with Crippen molar-refractivity contribution in [3.05, 3.63) is 29.3 Å². The average Bonchev–Trinajstić information content (AvgIpc) is 2.79. The van der Waals surface area contributed by atoms with Crippen LogP contribution < -0.4 is 5.73 Å². The molecule has 1 aliphatic heterocycles. The van der Waals surface area contributed by atoms with Crippen LogP contribution in [0.5, 0.6) is 0 Å². The van der Waals surface area contributed by atoms with Crippen LogP contribution in [-0.2, 0) is 16.1 Å². The molecule has 0 spiro atoms. The zero-order valence-electron chi connectivity index (χ0n) is 11.9. The number of nitrogens with zero attached hydrogens (tertiary/aromatic N) is 1. The number of nitrogens with two attached hydrogens (primary N) is 1. The monoisotopic (exact) mass is 276 g/mol. The highest BCUT2D eigenvalue weighted by atomic mass is 16.5. The smallest absolute Gasteiger partial charge is 0.340 e. The summed E-state index contributed by atoms with van der Waals surface area (Å²) >= 11 is 0. The quantitative estimate of drug-likeness (QED) is 0.672. The van der Waals surface area contributed by atoms with Crippen molar-refractivity contribution in [2.75, 3.05) is 19.4 Å². The van der Waals surface area contributed by atoms with E-state index in [0.29, 0.717) is 30.1 Å². The predicted octanol–water partition coefficient (Wildman–Crippen LogP) is 1.81. The number of hydrogen-bond acceptors (Lipinski definition) is 4. The molecule has 1 fully saturated rings. The molecule has 1 unspecified atom stereocenters. The van der Waals surface area contributed by atoms with Crippen LogP contribution in [0.3, 0.4) is 0 Å². The van der Waals surface area contributed by atoms with Gasteiger partial charge in [-0.05, 0) is 17.5 Å². The summed E-state index contributed by atoms with van der Waals surface area (Å²) in [5.74, 6) is 0.0806. The first kappa shape index (κ1) is 14.4. The Labute approximate surface area is 118 Å². The summed E-state index contributed by atoms with van der Waals surface area (Å²) < 4.78 is 4.77. The van der Waals surface area contributed by atoms with Crippen molar-refractivity contribution in [2.24, 2.45) is 5.92 Å². The lowest BCUT2D eigenvalue weighted by molar-refractivity contribution is -0.128. The molecule has 0 radical (unpaired) electrons. The van der Waals surface area contributed by atoms with Crippen molar-refractivity contribution < 1.29 is 14.3 Å². The van der Waals surface area contributed by atoms with Crippen LogP contribution in [0.15, 0.2) is 18.2 Å². The van der Waals surface area contributed by atoms with Gasteiger partial charge in [-0.1, -0.05) is 25.5 Å². The van der Waals surface area contributed by atoms with Gasteiger partial charge in [0.1, 0.15) is 0 Å². The van der Waals surface area contributed by atoms with E-state index in [1.165, 1.54) is 7.11 Å². The Morgan fingerprint density at radius 1 is 1.50 bits per heavy atom. The molecule has 108 valence electrons. The molecule has 0 bridgehead atoms. The lowest BCUT2D eigenvalue weighted by Gasteiger charge is -2.19. The van der Waals surface area contributed by atoms with Gasteiger partial charge in [-0.3, -0.25) is 4.79 Å². The first-order valence-electron chi connectivity index (χ1n) is 6.80. The Balaban J connectivity index is 2.24. The maximum Gasteiger partial charge on any atom is 0.340 e. The normalized spacial score (nSPS) is 18.4. The maximum absolute atomic E-state index is 12.0. The molecule has 20 heavy (non-hydrogen) atoms. The maximum atomic E-state index is 12.0. The number of carbonyl (C=O) groups is 2. The highest BCUT2D eigenvalue weighted by Gasteiger charge is 2.29. The summed E-state index contributed by atoms with van der Waals surface area (Å²) in [4.78, 5) is 25.6.